The largest absolute Gasteiger partial charge is 0.502 e. The first-order chi connectivity index (χ1) is 26.1. The van der Waals surface area contributed by atoms with E-state index in [9.17, 15) is 19.8 Å². The number of carbonyl (C=O) groups is 2. The minimum atomic E-state index is -0.394. The number of phenols is 2. The first kappa shape index (κ1) is 38.0. The number of cyclic esters (lactones) is 2. The number of ether oxygens (including phenoxy) is 8. The van der Waals surface area contributed by atoms with Crippen molar-refractivity contribution < 1.29 is 57.7 Å². The average Bonchev–Trinajstić information content (AvgIpc) is 3.71. The lowest BCUT2D eigenvalue weighted by Crippen LogP contribution is -2.21. The van der Waals surface area contributed by atoms with Gasteiger partial charge in [0.1, 0.15) is 11.5 Å². The van der Waals surface area contributed by atoms with Crippen LogP contribution in [0.25, 0.3) is 11.1 Å². The van der Waals surface area contributed by atoms with Gasteiger partial charge in [-0.3, -0.25) is 9.59 Å². The molecule has 4 unspecified atom stereocenters. The number of esters is 2. The van der Waals surface area contributed by atoms with Gasteiger partial charge in [-0.25, -0.2) is 0 Å². The maximum absolute atomic E-state index is 12.9. The summed E-state index contributed by atoms with van der Waals surface area (Å²) in [5, 5.41) is 20.7. The van der Waals surface area contributed by atoms with Gasteiger partial charge in [0, 0.05) is 23.0 Å². The molecule has 4 aromatic rings. The predicted octanol–water partition coefficient (Wildman–Crippen LogP) is 5.97. The number of phenolic OH excluding ortho intramolecular Hbond substituents is 2. The number of carbonyl (C=O) groups excluding carboxylic acids is 2. The lowest BCUT2D eigenvalue weighted by Gasteiger charge is -2.19. The van der Waals surface area contributed by atoms with Gasteiger partial charge >= 0.3 is 11.9 Å². The molecule has 0 aromatic heterocycles. The summed E-state index contributed by atoms with van der Waals surface area (Å²) in [6.07, 6.45) is 1.97. The number of hydrogen-bond donors (Lipinski definition) is 2. The minimum Gasteiger partial charge on any atom is -0.502 e. The fourth-order valence-electron chi connectivity index (χ4n) is 7.53. The van der Waals surface area contributed by atoms with Crippen molar-refractivity contribution in [3.8, 4) is 57.1 Å². The van der Waals surface area contributed by atoms with E-state index >= 15 is 0 Å². The SMILES string of the molecule is COc1cc(CC2COC(=O)C2Cc2cc(OC)c(O)c(OC)c2)ccc1-c1ccc(CC2COC(=O)C2Cc2cc(OC)c(O)c(OC)c2)cc1OC. The van der Waals surface area contributed by atoms with Crippen LogP contribution in [0.3, 0.4) is 0 Å². The lowest BCUT2D eigenvalue weighted by atomic mass is 9.84. The molecule has 2 fully saturated rings. The molecule has 54 heavy (non-hydrogen) atoms. The van der Waals surface area contributed by atoms with Gasteiger partial charge in [0.05, 0.1) is 67.7 Å². The molecule has 0 aliphatic carbocycles. The second-order valence-corrected chi connectivity index (χ2v) is 13.6. The highest BCUT2D eigenvalue weighted by Crippen LogP contribution is 2.42. The Kier molecular flexibility index (Phi) is 11.6. The van der Waals surface area contributed by atoms with Gasteiger partial charge in [0.25, 0.3) is 0 Å². The Morgan fingerprint density at radius 3 is 1.11 bits per heavy atom. The van der Waals surface area contributed by atoms with Crippen molar-refractivity contribution in [1.82, 2.24) is 0 Å². The molecular formula is C42H46O12. The summed E-state index contributed by atoms with van der Waals surface area (Å²) in [6.45, 7) is 0.593. The second kappa shape index (κ2) is 16.5. The number of hydrogen-bond acceptors (Lipinski definition) is 12. The molecule has 2 saturated heterocycles. The fraction of sp³-hybridized carbons (Fsp3) is 0.381. The molecule has 0 amide bonds. The highest BCUT2D eigenvalue weighted by atomic mass is 16.5. The zero-order valence-corrected chi connectivity index (χ0v) is 31.3. The lowest BCUT2D eigenvalue weighted by molar-refractivity contribution is -0.142. The topological polar surface area (TPSA) is 148 Å². The van der Waals surface area contributed by atoms with Crippen LogP contribution in [0.5, 0.6) is 46.0 Å². The van der Waals surface area contributed by atoms with E-state index in [-0.39, 0.29) is 58.3 Å². The quantitative estimate of drug-likeness (QED) is 0.138. The Balaban J connectivity index is 1.18. The van der Waals surface area contributed by atoms with E-state index in [0.717, 1.165) is 33.4 Å². The van der Waals surface area contributed by atoms with E-state index < -0.39 is 11.8 Å². The molecule has 0 saturated carbocycles. The molecule has 2 N–H and O–H groups in total. The molecule has 12 nitrogen and oxygen atoms in total. The number of aromatic hydroxyl groups is 2. The molecule has 4 aromatic carbocycles. The summed E-state index contributed by atoms with van der Waals surface area (Å²) >= 11 is 0. The zero-order chi connectivity index (χ0) is 38.5. The third-order valence-corrected chi connectivity index (χ3v) is 10.4. The van der Waals surface area contributed by atoms with Gasteiger partial charge in [-0.05, 0) is 84.3 Å². The molecule has 6 rings (SSSR count). The van der Waals surface area contributed by atoms with Crippen LogP contribution in [-0.4, -0.2) is 78.0 Å². The van der Waals surface area contributed by atoms with Crippen molar-refractivity contribution in [2.75, 3.05) is 55.9 Å². The predicted molar refractivity (Wildman–Crippen MR) is 198 cm³/mol. The third kappa shape index (κ3) is 7.78. The van der Waals surface area contributed by atoms with E-state index in [1.165, 1.54) is 28.4 Å². The Bertz CT molecular complexity index is 1810. The van der Waals surface area contributed by atoms with Gasteiger partial charge in [-0.1, -0.05) is 24.3 Å². The number of benzene rings is 4. The van der Waals surface area contributed by atoms with E-state index in [0.29, 0.717) is 50.4 Å². The summed E-state index contributed by atoms with van der Waals surface area (Å²) in [4.78, 5) is 25.8. The highest BCUT2D eigenvalue weighted by Gasteiger charge is 2.38. The van der Waals surface area contributed by atoms with Crippen LogP contribution >= 0.6 is 0 Å². The Hall–Kier alpha value is -5.78. The fourth-order valence-corrected chi connectivity index (χ4v) is 7.53. The maximum atomic E-state index is 12.9. The molecule has 0 spiro atoms. The van der Waals surface area contributed by atoms with Gasteiger partial charge in [0.15, 0.2) is 23.0 Å². The van der Waals surface area contributed by atoms with Crippen molar-refractivity contribution in [3.05, 3.63) is 82.9 Å². The monoisotopic (exact) mass is 742 g/mol. The van der Waals surface area contributed by atoms with Crippen LogP contribution in [0.15, 0.2) is 60.7 Å². The Morgan fingerprint density at radius 2 is 0.796 bits per heavy atom. The van der Waals surface area contributed by atoms with Crippen LogP contribution in [0.1, 0.15) is 22.3 Å². The smallest absolute Gasteiger partial charge is 0.309 e. The molecule has 2 heterocycles. The first-order valence-corrected chi connectivity index (χ1v) is 17.7. The number of rotatable bonds is 15. The third-order valence-electron chi connectivity index (χ3n) is 10.4. The Morgan fingerprint density at radius 1 is 0.481 bits per heavy atom. The molecule has 286 valence electrons. The van der Waals surface area contributed by atoms with Crippen molar-refractivity contribution in [3.63, 3.8) is 0 Å². The van der Waals surface area contributed by atoms with Crippen LogP contribution in [0, 0.1) is 23.7 Å². The van der Waals surface area contributed by atoms with Crippen molar-refractivity contribution in [2.45, 2.75) is 25.7 Å². The summed E-state index contributed by atoms with van der Waals surface area (Å²) in [6, 6.07) is 18.8. The molecule has 2 aliphatic rings. The Labute approximate surface area is 314 Å². The summed E-state index contributed by atoms with van der Waals surface area (Å²) in [5.74, 6) is 0.745. The maximum Gasteiger partial charge on any atom is 0.309 e. The molecule has 12 heteroatoms. The van der Waals surface area contributed by atoms with Crippen LogP contribution in [0.4, 0.5) is 0 Å². The standard InChI is InChI=1S/C42H46O12/c1-47-33-15-23(11-27-21-53-41(45)31(27)13-25-17-35(49-3)39(43)36(18-25)50-4)7-9-29(33)30-10-8-24(16-34(30)48-2)12-28-22-54-42(46)32(28)14-26-19-37(51-5)40(44)38(20-26)52-6/h7-10,15-20,27-28,31-32,43-44H,11-14,21-22H2,1-6H3. The zero-order valence-electron chi connectivity index (χ0n) is 31.3. The van der Waals surface area contributed by atoms with Crippen LogP contribution in [-0.2, 0) is 44.7 Å². The highest BCUT2D eigenvalue weighted by molar-refractivity contribution is 5.78. The van der Waals surface area contributed by atoms with E-state index in [1.54, 1.807) is 38.5 Å². The summed E-state index contributed by atoms with van der Waals surface area (Å²) < 4.78 is 44.0. The van der Waals surface area contributed by atoms with Gasteiger partial charge in [-0.2, -0.15) is 0 Å². The van der Waals surface area contributed by atoms with Crippen molar-refractivity contribution in [1.29, 1.82) is 0 Å². The van der Waals surface area contributed by atoms with Crippen LogP contribution < -0.4 is 28.4 Å². The first-order valence-electron chi connectivity index (χ1n) is 17.7. The van der Waals surface area contributed by atoms with E-state index in [2.05, 4.69) is 0 Å². The molecule has 0 bridgehead atoms. The van der Waals surface area contributed by atoms with Gasteiger partial charge < -0.3 is 48.1 Å². The molecule has 2 aliphatic heterocycles. The second-order valence-electron chi connectivity index (χ2n) is 13.6. The van der Waals surface area contributed by atoms with Crippen molar-refractivity contribution in [2.24, 2.45) is 23.7 Å². The normalized spacial score (nSPS) is 19.2. The summed E-state index contributed by atoms with van der Waals surface area (Å²) in [5.41, 5.74) is 5.24. The molecule has 0 radical (unpaired) electrons. The van der Waals surface area contributed by atoms with E-state index in [1.807, 2.05) is 36.4 Å². The van der Waals surface area contributed by atoms with Gasteiger partial charge in [0.2, 0.25) is 11.5 Å². The van der Waals surface area contributed by atoms with Gasteiger partial charge in [-0.15, -0.1) is 0 Å². The molecular weight excluding hydrogens is 696 g/mol. The van der Waals surface area contributed by atoms with Crippen LogP contribution in [0.2, 0.25) is 0 Å². The average molecular weight is 743 g/mol. The summed E-state index contributed by atoms with van der Waals surface area (Å²) in [7, 11) is 9.11. The van der Waals surface area contributed by atoms with Crippen molar-refractivity contribution >= 4 is 11.9 Å². The minimum absolute atomic E-state index is 0.0824. The molecule has 4 atom stereocenters. The van der Waals surface area contributed by atoms with E-state index in [4.69, 9.17) is 37.9 Å². The number of methoxy groups -OCH3 is 6.